The number of ketones is 4. The van der Waals surface area contributed by atoms with Crippen LogP contribution in [0, 0.1) is 10.8 Å². The Morgan fingerprint density at radius 3 is 0.591 bits per heavy atom. The summed E-state index contributed by atoms with van der Waals surface area (Å²) in [7, 11) is 0. The second-order valence-electron chi connectivity index (χ2n) is 35.6. The SMILES string of the molecule is CCCCCCCC/C=C\CCCCCCC(C(=O)CCCCCCCCCCCCCCC)(C(=O)CCCCCCCCCCCCCCC)C(=O)OC(=O)CC(O)C(=O)OC(=O)C(CCCCCC/C=C\CCCCCCCC)(C(=O)CCCCCCCCCCCCCCC)C(=O)CCCCCCCCCCCCCCC. The van der Waals surface area contributed by atoms with Gasteiger partial charge in [0.1, 0.15) is 0 Å². The molecule has 1 atom stereocenters. The number of hydrogen-bond donors (Lipinski definition) is 1. The first-order chi connectivity index (χ1) is 56.3. The van der Waals surface area contributed by atoms with Crippen LogP contribution in [0.15, 0.2) is 24.3 Å². The third-order valence-electron chi connectivity index (χ3n) is 24.8. The molecule has 0 radical (unpaired) electrons. The first-order valence-corrected chi connectivity index (χ1v) is 50.9. The molecule has 0 aliphatic carbocycles. The maximum absolute atomic E-state index is 15.1. The standard InChI is InChI=1S/C104H190O11/c1-7-13-19-25-31-37-43-49-55-61-67-73-79-85-91-103(95(106)87-81-75-69-63-57-51-45-39-33-27-21-15-9-3,96(107)88-82-76-70-64-58-52-46-40-34-28-22-16-10-4)101(112)114-99(110)93-94(105)100(111)115-102(113)104(92-86-80-74-68-62-56-50-44-38-32-26-20-14-8-2,97(108)89-83-77-71-65-59-53-47-41-35-29-23-17-11-5)98(109)90-84-78-72-66-60-54-48-42-36-30-24-18-12-6/h49-50,55-56,94,105H,7-48,51-54,57-93H2,1-6H3/b55-49-,56-50-. The van der Waals surface area contributed by atoms with Gasteiger partial charge in [0.15, 0.2) is 40.1 Å². The molecule has 115 heavy (non-hydrogen) atoms. The number of aliphatic hydroxyl groups excluding tert-OH is 1. The quantitative estimate of drug-likeness (QED) is 0.0265. The minimum Gasteiger partial charge on any atom is -0.392 e. The van der Waals surface area contributed by atoms with E-state index in [2.05, 4.69) is 65.8 Å². The lowest BCUT2D eigenvalue weighted by atomic mass is 9.71. The first-order valence-electron chi connectivity index (χ1n) is 50.9. The van der Waals surface area contributed by atoms with Crippen LogP contribution in [0.4, 0.5) is 0 Å². The van der Waals surface area contributed by atoms with E-state index in [9.17, 15) is 14.7 Å². The predicted octanol–water partition coefficient (Wildman–Crippen LogP) is 32.3. The van der Waals surface area contributed by atoms with E-state index in [0.717, 1.165) is 154 Å². The summed E-state index contributed by atoms with van der Waals surface area (Å²) in [6, 6.07) is 0. The highest BCUT2D eigenvalue weighted by Crippen LogP contribution is 2.38. The number of carbonyl (C=O) groups excluding carboxylic acids is 8. The molecule has 0 heterocycles. The van der Waals surface area contributed by atoms with Gasteiger partial charge in [0, 0.05) is 25.7 Å². The smallest absolute Gasteiger partial charge is 0.343 e. The largest absolute Gasteiger partial charge is 0.392 e. The van der Waals surface area contributed by atoms with Gasteiger partial charge >= 0.3 is 23.9 Å². The molecule has 672 valence electrons. The normalized spacial score (nSPS) is 12.2. The van der Waals surface area contributed by atoms with Gasteiger partial charge in [-0.1, -0.05) is 477 Å². The lowest BCUT2D eigenvalue weighted by Gasteiger charge is -2.29. The molecule has 0 aromatic heterocycles. The molecular formula is C104H190O11. The van der Waals surface area contributed by atoms with Gasteiger partial charge in [-0.05, 0) is 89.9 Å². The van der Waals surface area contributed by atoms with Crippen molar-refractivity contribution >= 4 is 47.0 Å². The third-order valence-corrected chi connectivity index (χ3v) is 24.8. The molecule has 0 saturated heterocycles. The summed E-state index contributed by atoms with van der Waals surface area (Å²) in [5.41, 5.74) is -4.55. The fourth-order valence-electron chi connectivity index (χ4n) is 16.9. The van der Waals surface area contributed by atoms with E-state index in [1.54, 1.807) is 0 Å². The number of aliphatic hydroxyl groups is 1. The Balaban J connectivity index is 7.09. The van der Waals surface area contributed by atoms with Crippen LogP contribution in [-0.2, 0) is 47.8 Å². The summed E-state index contributed by atoms with van der Waals surface area (Å²) >= 11 is 0. The van der Waals surface area contributed by atoms with Crippen molar-refractivity contribution in [2.45, 2.75) is 581 Å². The van der Waals surface area contributed by atoms with Crippen LogP contribution >= 0.6 is 0 Å². The molecule has 1 unspecified atom stereocenters. The highest BCUT2D eigenvalue weighted by Gasteiger charge is 2.54. The second kappa shape index (κ2) is 85.4. The Morgan fingerprint density at radius 2 is 0.391 bits per heavy atom. The molecular weight excluding hydrogens is 1430 g/mol. The van der Waals surface area contributed by atoms with Crippen LogP contribution in [0.3, 0.4) is 0 Å². The van der Waals surface area contributed by atoms with Gasteiger partial charge < -0.3 is 14.6 Å². The number of ether oxygens (including phenoxy) is 2. The number of Topliss-reactive ketones (excluding diaryl/α,β-unsaturated/α-hetero) is 4. The number of carbonyl (C=O) groups is 8. The van der Waals surface area contributed by atoms with Crippen LogP contribution in [0.2, 0.25) is 0 Å². The number of allylic oxidation sites excluding steroid dienone is 4. The lowest BCUT2D eigenvalue weighted by Crippen LogP contribution is -2.49. The van der Waals surface area contributed by atoms with Crippen molar-refractivity contribution in [2.75, 3.05) is 0 Å². The van der Waals surface area contributed by atoms with Crippen LogP contribution in [-0.4, -0.2) is 58.2 Å². The van der Waals surface area contributed by atoms with Crippen molar-refractivity contribution in [1.29, 1.82) is 0 Å². The Morgan fingerprint density at radius 1 is 0.226 bits per heavy atom. The van der Waals surface area contributed by atoms with Gasteiger partial charge in [-0.2, -0.15) is 0 Å². The van der Waals surface area contributed by atoms with Crippen LogP contribution in [0.25, 0.3) is 0 Å². The molecule has 0 aliphatic rings. The Kier molecular flexibility index (Phi) is 82.7. The number of esters is 4. The molecule has 0 bridgehead atoms. The first kappa shape index (κ1) is 111. The summed E-state index contributed by atoms with van der Waals surface area (Å²) in [4.78, 5) is 119. The van der Waals surface area contributed by atoms with E-state index in [1.165, 1.54) is 283 Å². The van der Waals surface area contributed by atoms with Gasteiger partial charge in [0.2, 0.25) is 0 Å². The number of rotatable bonds is 93. The van der Waals surface area contributed by atoms with E-state index >= 15 is 28.8 Å². The minimum absolute atomic E-state index is 0.0273. The van der Waals surface area contributed by atoms with Crippen molar-refractivity contribution in [3.05, 3.63) is 24.3 Å². The second-order valence-corrected chi connectivity index (χ2v) is 35.6. The van der Waals surface area contributed by atoms with E-state index in [1.807, 2.05) is 0 Å². The zero-order valence-corrected chi connectivity index (χ0v) is 77.1. The molecule has 0 aromatic carbocycles. The zero-order valence-electron chi connectivity index (χ0n) is 77.1. The summed E-state index contributed by atoms with van der Waals surface area (Å²) in [6.07, 6.45) is 87.4. The van der Waals surface area contributed by atoms with Gasteiger partial charge in [-0.25, -0.2) is 14.4 Å². The van der Waals surface area contributed by atoms with Crippen LogP contribution < -0.4 is 0 Å². The number of unbranched alkanes of at least 4 members (excludes halogenated alkanes) is 68. The highest BCUT2D eigenvalue weighted by atomic mass is 16.6. The van der Waals surface area contributed by atoms with E-state index < -0.39 is 70.4 Å². The fourth-order valence-corrected chi connectivity index (χ4v) is 16.9. The number of hydrogen-bond acceptors (Lipinski definition) is 11. The molecule has 11 heteroatoms. The summed E-state index contributed by atoms with van der Waals surface area (Å²) < 4.78 is 11.2. The minimum atomic E-state index is -2.33. The van der Waals surface area contributed by atoms with Crippen molar-refractivity contribution in [2.24, 2.45) is 10.8 Å². The predicted molar refractivity (Wildman–Crippen MR) is 489 cm³/mol. The third kappa shape index (κ3) is 64.0. The van der Waals surface area contributed by atoms with Crippen molar-refractivity contribution in [1.82, 2.24) is 0 Å². The Bertz CT molecular complexity index is 2230. The highest BCUT2D eigenvalue weighted by molar-refractivity contribution is 6.24. The average Bonchev–Trinajstić information content (AvgIpc) is 0.791. The van der Waals surface area contributed by atoms with Gasteiger partial charge in [0.05, 0.1) is 6.42 Å². The molecule has 0 amide bonds. The van der Waals surface area contributed by atoms with E-state index in [-0.39, 0.29) is 38.5 Å². The van der Waals surface area contributed by atoms with Crippen LogP contribution in [0.1, 0.15) is 574 Å². The van der Waals surface area contributed by atoms with Crippen LogP contribution in [0.5, 0.6) is 0 Å². The molecule has 0 aromatic rings. The molecule has 1 N–H and O–H groups in total. The van der Waals surface area contributed by atoms with E-state index in [0.29, 0.717) is 51.4 Å². The van der Waals surface area contributed by atoms with Crippen molar-refractivity contribution < 1.29 is 52.9 Å². The van der Waals surface area contributed by atoms with Gasteiger partial charge in [0.25, 0.3) is 0 Å². The zero-order chi connectivity index (χ0) is 84.1. The average molecular weight is 1620 g/mol. The molecule has 0 aliphatic heterocycles. The fraction of sp³-hybridized carbons (Fsp3) is 0.885. The molecule has 0 fully saturated rings. The Labute approximate surface area is 711 Å². The molecule has 0 spiro atoms. The maximum Gasteiger partial charge on any atom is 0.343 e. The summed E-state index contributed by atoms with van der Waals surface area (Å²) in [6.45, 7) is 13.5. The molecule has 0 rings (SSSR count). The lowest BCUT2D eigenvalue weighted by molar-refractivity contribution is -0.181. The maximum atomic E-state index is 15.1. The van der Waals surface area contributed by atoms with Crippen molar-refractivity contribution in [3.63, 3.8) is 0 Å². The summed E-state index contributed by atoms with van der Waals surface area (Å²) in [5, 5.41) is 11.7. The van der Waals surface area contributed by atoms with Gasteiger partial charge in [-0.3, -0.25) is 24.0 Å². The van der Waals surface area contributed by atoms with E-state index in [4.69, 9.17) is 9.47 Å². The monoisotopic (exact) mass is 1620 g/mol. The molecule has 0 saturated carbocycles. The topological polar surface area (TPSA) is 175 Å². The summed E-state index contributed by atoms with van der Waals surface area (Å²) in [5.74, 6) is -7.69. The molecule has 11 nitrogen and oxygen atoms in total. The Hall–Kier alpha value is -3.60. The van der Waals surface area contributed by atoms with Crippen molar-refractivity contribution in [3.8, 4) is 0 Å². The van der Waals surface area contributed by atoms with Gasteiger partial charge in [-0.15, -0.1) is 0 Å².